The van der Waals surface area contributed by atoms with Crippen molar-refractivity contribution in [3.63, 3.8) is 0 Å². The second kappa shape index (κ2) is 16.1. The lowest BCUT2D eigenvalue weighted by Crippen LogP contribution is -2.52. The van der Waals surface area contributed by atoms with Crippen molar-refractivity contribution in [2.45, 2.75) is 114 Å². The van der Waals surface area contributed by atoms with E-state index in [-0.39, 0.29) is 49.4 Å². The number of ether oxygens (including phenoxy) is 3. The predicted octanol–water partition coefficient (Wildman–Crippen LogP) is 4.44. The van der Waals surface area contributed by atoms with Gasteiger partial charge < -0.3 is 24.4 Å². The van der Waals surface area contributed by atoms with Gasteiger partial charge in [0.25, 0.3) is 5.91 Å². The van der Waals surface area contributed by atoms with Crippen LogP contribution in [0.25, 0.3) is 10.9 Å². The number of pyridine rings is 1. The highest BCUT2D eigenvalue weighted by Crippen LogP contribution is 2.57. The molecular weight excluding hydrogens is 790 g/mol. The molecule has 4 heterocycles. The van der Waals surface area contributed by atoms with Crippen LogP contribution in [-0.4, -0.2) is 99.5 Å². The van der Waals surface area contributed by atoms with Crippen LogP contribution in [-0.2, 0) is 31.5 Å². The SMILES string of the molecule is COc1c(Cl)ccc2c(O[C@@H]3C[C@H]4C(=O)C[C@]5(C(=O)NS(=O)(=O)C6(C)CC6)C[C@@H]5/C=C\CCCCC[C@H](NC(=O)c5cnn(C)n5)C(=O)N4C3)cc(OC(C)C)nc12. The summed E-state index contributed by atoms with van der Waals surface area (Å²) in [6, 6.07) is 2.96. The Bertz CT molecular complexity index is 2260. The minimum absolute atomic E-state index is 0.0308. The van der Waals surface area contributed by atoms with Crippen molar-refractivity contribution in [1.82, 2.24) is 34.9 Å². The van der Waals surface area contributed by atoms with Gasteiger partial charge in [0.2, 0.25) is 27.7 Å². The molecule has 2 aliphatic carbocycles. The number of nitrogens with one attached hydrogen (secondary N) is 2. The zero-order valence-electron chi connectivity index (χ0n) is 33.3. The van der Waals surface area contributed by atoms with Crippen molar-refractivity contribution in [2.24, 2.45) is 18.4 Å². The Hall–Kier alpha value is -4.77. The lowest BCUT2D eigenvalue weighted by atomic mass is 9.91. The molecule has 5 atom stereocenters. The monoisotopic (exact) mass is 839 g/mol. The fourth-order valence-corrected chi connectivity index (χ4v) is 9.49. The Labute approximate surface area is 342 Å². The number of Topliss-reactive ketones (excluding diaryl/α,β-unsaturated/α-hetero) is 1. The molecule has 0 radical (unpaired) electrons. The summed E-state index contributed by atoms with van der Waals surface area (Å²) in [6.07, 6.45) is 8.31. The van der Waals surface area contributed by atoms with Gasteiger partial charge in [0.15, 0.2) is 17.2 Å². The van der Waals surface area contributed by atoms with Gasteiger partial charge in [-0.3, -0.25) is 23.9 Å². The zero-order chi connectivity index (χ0) is 41.6. The average molecular weight is 840 g/mol. The third kappa shape index (κ3) is 8.38. The number of methoxy groups -OCH3 is 1. The molecule has 0 unspecified atom stereocenters. The van der Waals surface area contributed by atoms with Gasteiger partial charge in [0.1, 0.15) is 23.4 Å². The van der Waals surface area contributed by atoms with E-state index in [0.29, 0.717) is 59.5 Å². The Balaban J connectivity index is 1.23. The van der Waals surface area contributed by atoms with Crippen molar-refractivity contribution >= 4 is 56.0 Å². The van der Waals surface area contributed by atoms with Crippen LogP contribution in [0.2, 0.25) is 5.02 Å². The summed E-state index contributed by atoms with van der Waals surface area (Å²) in [5.41, 5.74) is -0.876. The molecular formula is C40H50ClN7O9S. The molecule has 1 saturated heterocycles. The van der Waals surface area contributed by atoms with Gasteiger partial charge in [0.05, 0.1) is 47.2 Å². The first kappa shape index (κ1) is 41.4. The highest BCUT2D eigenvalue weighted by Gasteiger charge is 2.62. The van der Waals surface area contributed by atoms with Gasteiger partial charge >= 0.3 is 0 Å². The van der Waals surface area contributed by atoms with E-state index in [1.807, 2.05) is 26.0 Å². The molecule has 2 aliphatic heterocycles. The Morgan fingerprint density at radius 1 is 1.12 bits per heavy atom. The maximum atomic E-state index is 14.7. The highest BCUT2D eigenvalue weighted by atomic mass is 35.5. The number of rotatable bonds is 10. The number of amides is 3. The van der Waals surface area contributed by atoms with Crippen molar-refractivity contribution < 1.29 is 41.8 Å². The maximum Gasteiger partial charge on any atom is 0.274 e. The van der Waals surface area contributed by atoms with Crippen LogP contribution in [0.3, 0.4) is 0 Å². The maximum absolute atomic E-state index is 14.7. The van der Waals surface area contributed by atoms with E-state index in [1.54, 1.807) is 32.2 Å². The molecule has 4 aliphatic rings. The number of aryl methyl sites for hydroxylation is 1. The van der Waals surface area contributed by atoms with Gasteiger partial charge in [-0.15, -0.1) is 5.10 Å². The summed E-state index contributed by atoms with van der Waals surface area (Å²) in [6.45, 7) is 5.28. The summed E-state index contributed by atoms with van der Waals surface area (Å²) in [5, 5.41) is 11.8. The summed E-state index contributed by atoms with van der Waals surface area (Å²) in [4.78, 5) is 64.1. The summed E-state index contributed by atoms with van der Waals surface area (Å²) in [5.74, 6) is -1.62. The molecule has 7 rings (SSSR count). The Morgan fingerprint density at radius 2 is 1.90 bits per heavy atom. The second-order valence-electron chi connectivity index (χ2n) is 16.4. The van der Waals surface area contributed by atoms with Crippen molar-refractivity contribution in [2.75, 3.05) is 13.7 Å². The molecule has 3 fully saturated rings. The minimum atomic E-state index is -3.98. The van der Waals surface area contributed by atoms with Crippen LogP contribution < -0.4 is 24.2 Å². The predicted molar refractivity (Wildman–Crippen MR) is 213 cm³/mol. The number of benzene rings is 1. The minimum Gasteiger partial charge on any atom is -0.493 e. The molecule has 0 bridgehead atoms. The smallest absolute Gasteiger partial charge is 0.274 e. The first-order valence-corrected chi connectivity index (χ1v) is 21.6. The summed E-state index contributed by atoms with van der Waals surface area (Å²) < 4.78 is 46.0. The van der Waals surface area contributed by atoms with Gasteiger partial charge in [-0.25, -0.2) is 13.4 Å². The highest BCUT2D eigenvalue weighted by molar-refractivity contribution is 7.91. The van der Waals surface area contributed by atoms with Gasteiger partial charge in [0, 0.05) is 31.3 Å². The number of allylic oxidation sites excluding steroid dienone is 2. The fourth-order valence-electron chi connectivity index (χ4n) is 7.93. The molecule has 16 nitrogen and oxygen atoms in total. The van der Waals surface area contributed by atoms with Crippen LogP contribution in [0, 0.1) is 11.3 Å². The zero-order valence-corrected chi connectivity index (χ0v) is 34.9. The second-order valence-corrected chi connectivity index (χ2v) is 19.0. The molecule has 2 N–H and O–H groups in total. The van der Waals surface area contributed by atoms with Crippen LogP contribution in [0.4, 0.5) is 0 Å². The number of sulfonamides is 1. The van der Waals surface area contributed by atoms with Crippen molar-refractivity contribution in [3.05, 3.63) is 47.3 Å². The number of ketones is 1. The van der Waals surface area contributed by atoms with Crippen LogP contribution in [0.1, 0.15) is 95.5 Å². The number of halogens is 1. The van der Waals surface area contributed by atoms with Crippen LogP contribution in [0.5, 0.6) is 17.4 Å². The molecule has 0 spiro atoms. The molecule has 312 valence electrons. The lowest BCUT2D eigenvalue weighted by molar-refractivity contribution is -0.140. The van der Waals surface area contributed by atoms with E-state index in [2.05, 4.69) is 25.2 Å². The van der Waals surface area contributed by atoms with E-state index < -0.39 is 61.9 Å². The molecule has 3 aromatic rings. The van der Waals surface area contributed by atoms with Crippen LogP contribution >= 0.6 is 11.6 Å². The third-order valence-corrected chi connectivity index (χ3v) is 14.1. The number of aromatic nitrogens is 4. The number of fused-ring (bicyclic) bond motifs is 3. The van der Waals surface area contributed by atoms with E-state index in [1.165, 1.54) is 23.0 Å². The normalized spacial score (nSPS) is 26.5. The standard InChI is InChI=1S/C40H50ClN7O9S/c1-23(2)56-33-18-32(26-13-14-27(41)35(55-5)34(26)44-33)57-25-17-30-31(49)20-40(38(52)46-58(53,54)39(3)15-16-39)19-24(40)11-9-7-6-8-10-12-28(37(51)48(30)22-25)43-36(50)29-21-42-47(4)45-29/h9,11,13-14,18,21,23-25,28,30H,6-8,10,12,15-17,19-20,22H2,1-5H3,(H,43,50)(H,46,52)/b11-9-/t24-,25+,28-,30-,40+/m0/s1. The fraction of sp³-hybridized carbons (Fsp3) is 0.575. The molecule has 2 aromatic heterocycles. The van der Waals surface area contributed by atoms with Crippen molar-refractivity contribution in [1.29, 1.82) is 0 Å². The van der Waals surface area contributed by atoms with Crippen LogP contribution in [0.15, 0.2) is 36.5 Å². The lowest BCUT2D eigenvalue weighted by Gasteiger charge is -2.29. The Kier molecular flexibility index (Phi) is 11.5. The van der Waals surface area contributed by atoms with E-state index in [4.69, 9.17) is 25.8 Å². The molecule has 3 amide bonds. The van der Waals surface area contributed by atoms with E-state index >= 15 is 0 Å². The topological polar surface area (TPSA) is 201 Å². The molecule has 2 saturated carbocycles. The largest absolute Gasteiger partial charge is 0.493 e. The summed E-state index contributed by atoms with van der Waals surface area (Å²) >= 11 is 6.48. The number of carbonyl (C=O) groups excluding carboxylic acids is 4. The van der Waals surface area contributed by atoms with Gasteiger partial charge in [-0.1, -0.05) is 36.6 Å². The first-order valence-electron chi connectivity index (χ1n) is 19.8. The van der Waals surface area contributed by atoms with Gasteiger partial charge in [-0.2, -0.15) is 9.90 Å². The van der Waals surface area contributed by atoms with E-state index in [0.717, 1.165) is 12.8 Å². The van der Waals surface area contributed by atoms with Crippen molar-refractivity contribution in [3.8, 4) is 17.4 Å². The quantitative estimate of drug-likeness (QED) is 0.273. The first-order chi connectivity index (χ1) is 27.5. The number of nitrogens with zero attached hydrogens (tertiary/aromatic N) is 5. The number of carbonyl (C=O) groups is 4. The molecule has 18 heteroatoms. The summed E-state index contributed by atoms with van der Waals surface area (Å²) in [7, 11) is -0.923. The number of hydrogen-bond donors (Lipinski definition) is 2. The molecule has 58 heavy (non-hydrogen) atoms. The van der Waals surface area contributed by atoms with E-state index in [9.17, 15) is 27.6 Å². The number of hydrogen-bond acceptors (Lipinski definition) is 12. The average Bonchev–Trinajstić information content (AvgIpc) is 3.96. The Morgan fingerprint density at radius 3 is 2.59 bits per heavy atom. The molecule has 1 aromatic carbocycles. The van der Waals surface area contributed by atoms with Gasteiger partial charge in [-0.05, 0) is 77.3 Å². The third-order valence-electron chi connectivity index (χ3n) is 11.7.